The lowest BCUT2D eigenvalue weighted by Crippen LogP contribution is -2.21. The van der Waals surface area contributed by atoms with E-state index in [4.69, 9.17) is 10.5 Å². The van der Waals surface area contributed by atoms with Gasteiger partial charge in [-0.3, -0.25) is 0 Å². The van der Waals surface area contributed by atoms with E-state index in [1.54, 1.807) is 0 Å². The van der Waals surface area contributed by atoms with Gasteiger partial charge < -0.3 is 15.4 Å². The van der Waals surface area contributed by atoms with Crippen molar-refractivity contribution in [2.45, 2.75) is 13.8 Å². The average molecular weight is 306 g/mol. The molecule has 2 N–H and O–H groups in total. The Hall–Kier alpha value is -2.68. The van der Waals surface area contributed by atoms with E-state index in [-0.39, 0.29) is 0 Å². The Bertz CT molecular complexity index is 810. The second kappa shape index (κ2) is 6.61. The molecular formula is C20H22N2O. The quantitative estimate of drug-likeness (QED) is 0.670. The highest BCUT2D eigenvalue weighted by molar-refractivity contribution is 5.91. The van der Waals surface area contributed by atoms with Gasteiger partial charge in [0.2, 0.25) is 0 Å². The molecule has 23 heavy (non-hydrogen) atoms. The number of anilines is 2. The molecule has 0 unspecified atom stereocenters. The highest BCUT2D eigenvalue weighted by Crippen LogP contribution is 2.32. The first-order chi connectivity index (χ1) is 11.2. The molecule has 3 rings (SSSR count). The van der Waals surface area contributed by atoms with E-state index in [0.29, 0.717) is 5.69 Å². The number of nitrogens with two attached hydrogens (primary N) is 1. The van der Waals surface area contributed by atoms with E-state index < -0.39 is 0 Å². The lowest BCUT2D eigenvalue weighted by molar-refractivity contribution is 0.488. The summed E-state index contributed by atoms with van der Waals surface area (Å²) in [4.78, 5) is 2.34. The highest BCUT2D eigenvalue weighted by Gasteiger charge is 2.07. The van der Waals surface area contributed by atoms with E-state index in [1.165, 1.54) is 11.1 Å². The van der Waals surface area contributed by atoms with Gasteiger partial charge in [-0.25, -0.2) is 0 Å². The van der Waals surface area contributed by atoms with E-state index in [0.717, 1.165) is 30.0 Å². The number of fused-ring (bicyclic) bond motifs is 1. The van der Waals surface area contributed by atoms with Gasteiger partial charge >= 0.3 is 0 Å². The molecule has 0 aliphatic carbocycles. The third-order valence-electron chi connectivity index (χ3n) is 4.04. The van der Waals surface area contributed by atoms with Crippen LogP contribution in [0.1, 0.15) is 13.8 Å². The molecule has 3 heteroatoms. The van der Waals surface area contributed by atoms with Crippen molar-refractivity contribution in [3.63, 3.8) is 0 Å². The van der Waals surface area contributed by atoms with Crippen LogP contribution in [0.2, 0.25) is 0 Å². The summed E-state index contributed by atoms with van der Waals surface area (Å²) in [6, 6.07) is 20.1. The molecule has 118 valence electrons. The fourth-order valence-corrected chi connectivity index (χ4v) is 2.82. The number of hydrogen-bond donors (Lipinski definition) is 1. The second-order valence-electron chi connectivity index (χ2n) is 5.51. The number of rotatable bonds is 5. The molecule has 0 atom stereocenters. The van der Waals surface area contributed by atoms with Gasteiger partial charge in [0.1, 0.15) is 11.5 Å². The molecule has 0 aromatic heterocycles. The van der Waals surface area contributed by atoms with Crippen molar-refractivity contribution in [3.8, 4) is 11.5 Å². The van der Waals surface area contributed by atoms with Gasteiger partial charge in [-0.15, -0.1) is 0 Å². The minimum Gasteiger partial charge on any atom is -0.457 e. The zero-order valence-electron chi connectivity index (χ0n) is 13.6. The van der Waals surface area contributed by atoms with Crippen LogP contribution in [0.25, 0.3) is 10.8 Å². The van der Waals surface area contributed by atoms with Gasteiger partial charge in [0.25, 0.3) is 0 Å². The first-order valence-corrected chi connectivity index (χ1v) is 8.02. The topological polar surface area (TPSA) is 38.5 Å². The van der Waals surface area contributed by atoms with Gasteiger partial charge in [0, 0.05) is 35.9 Å². The molecule has 0 amide bonds. The van der Waals surface area contributed by atoms with Crippen LogP contribution in [0.15, 0.2) is 60.7 Å². The standard InChI is InChI=1S/C20H22N2O/c1-3-22(4-2)17-11-12-19-15(13-17)7-5-10-20(19)23-18-9-6-8-16(21)14-18/h5-14H,3-4,21H2,1-2H3. The third kappa shape index (κ3) is 3.24. The molecule has 3 aromatic carbocycles. The molecule has 0 saturated carbocycles. The Labute approximate surface area is 137 Å². The SMILES string of the molecule is CCN(CC)c1ccc2c(Oc3cccc(N)c3)cccc2c1. The maximum atomic E-state index is 6.03. The Morgan fingerprint density at radius 1 is 0.913 bits per heavy atom. The molecule has 3 aromatic rings. The van der Waals surface area contributed by atoms with Crippen LogP contribution in [0.4, 0.5) is 11.4 Å². The van der Waals surface area contributed by atoms with E-state index in [9.17, 15) is 0 Å². The minimum atomic E-state index is 0.701. The lowest BCUT2D eigenvalue weighted by Gasteiger charge is -2.21. The Morgan fingerprint density at radius 2 is 1.70 bits per heavy atom. The summed E-state index contributed by atoms with van der Waals surface area (Å²) in [5.41, 5.74) is 7.76. The summed E-state index contributed by atoms with van der Waals surface area (Å²) in [6.45, 7) is 6.35. The van der Waals surface area contributed by atoms with Crippen LogP contribution < -0.4 is 15.4 Å². The molecular weight excluding hydrogens is 284 g/mol. The molecule has 0 radical (unpaired) electrons. The Morgan fingerprint density at radius 3 is 2.43 bits per heavy atom. The van der Waals surface area contributed by atoms with Crippen molar-refractivity contribution < 1.29 is 4.74 Å². The number of benzene rings is 3. The fourth-order valence-electron chi connectivity index (χ4n) is 2.82. The molecule has 0 spiro atoms. The van der Waals surface area contributed by atoms with Crippen molar-refractivity contribution in [2.24, 2.45) is 0 Å². The van der Waals surface area contributed by atoms with Crippen LogP contribution >= 0.6 is 0 Å². The Balaban J connectivity index is 1.99. The maximum Gasteiger partial charge on any atom is 0.135 e. The summed E-state index contributed by atoms with van der Waals surface area (Å²) in [5.74, 6) is 1.60. The predicted octanol–water partition coefficient (Wildman–Crippen LogP) is 5.06. The number of ether oxygens (including phenoxy) is 1. The van der Waals surface area contributed by atoms with Gasteiger partial charge in [0.15, 0.2) is 0 Å². The first kappa shape index (κ1) is 15.2. The second-order valence-corrected chi connectivity index (χ2v) is 5.51. The average Bonchev–Trinajstić information content (AvgIpc) is 2.56. The summed E-state index contributed by atoms with van der Waals surface area (Å²) < 4.78 is 6.03. The van der Waals surface area contributed by atoms with E-state index in [2.05, 4.69) is 43.0 Å². The number of nitrogen functional groups attached to an aromatic ring is 1. The number of hydrogen-bond acceptors (Lipinski definition) is 3. The van der Waals surface area contributed by atoms with Gasteiger partial charge in [-0.1, -0.05) is 18.2 Å². The lowest BCUT2D eigenvalue weighted by atomic mass is 10.1. The molecule has 3 nitrogen and oxygen atoms in total. The fraction of sp³-hybridized carbons (Fsp3) is 0.200. The summed E-state index contributed by atoms with van der Waals surface area (Å²) in [5, 5.41) is 2.28. The zero-order chi connectivity index (χ0) is 16.2. The van der Waals surface area contributed by atoms with Crippen LogP contribution in [0.3, 0.4) is 0 Å². The normalized spacial score (nSPS) is 10.7. The van der Waals surface area contributed by atoms with E-state index >= 15 is 0 Å². The summed E-state index contributed by atoms with van der Waals surface area (Å²) in [6.07, 6.45) is 0. The summed E-state index contributed by atoms with van der Waals surface area (Å²) in [7, 11) is 0. The molecule has 0 aliphatic heterocycles. The molecule has 0 heterocycles. The van der Waals surface area contributed by atoms with Gasteiger partial charge in [-0.2, -0.15) is 0 Å². The maximum absolute atomic E-state index is 6.03. The first-order valence-electron chi connectivity index (χ1n) is 8.02. The molecule has 0 bridgehead atoms. The van der Waals surface area contributed by atoms with Crippen LogP contribution in [-0.4, -0.2) is 13.1 Å². The molecule has 0 fully saturated rings. The van der Waals surface area contributed by atoms with Gasteiger partial charge in [0.05, 0.1) is 0 Å². The van der Waals surface area contributed by atoms with E-state index in [1.807, 2.05) is 36.4 Å². The van der Waals surface area contributed by atoms with Crippen molar-refractivity contribution in [3.05, 3.63) is 60.7 Å². The molecule has 0 aliphatic rings. The minimum absolute atomic E-state index is 0.701. The third-order valence-corrected chi connectivity index (χ3v) is 4.04. The zero-order valence-corrected chi connectivity index (χ0v) is 13.6. The van der Waals surface area contributed by atoms with Gasteiger partial charge in [-0.05, 0) is 55.6 Å². The smallest absolute Gasteiger partial charge is 0.135 e. The van der Waals surface area contributed by atoms with Crippen molar-refractivity contribution >= 4 is 22.1 Å². The highest BCUT2D eigenvalue weighted by atomic mass is 16.5. The summed E-state index contributed by atoms with van der Waals surface area (Å²) >= 11 is 0. The molecule has 0 saturated heterocycles. The van der Waals surface area contributed by atoms with Crippen molar-refractivity contribution in [1.29, 1.82) is 0 Å². The number of nitrogens with zero attached hydrogens (tertiary/aromatic N) is 1. The Kier molecular flexibility index (Phi) is 4.38. The largest absolute Gasteiger partial charge is 0.457 e. The van der Waals surface area contributed by atoms with Crippen LogP contribution in [0, 0.1) is 0 Å². The predicted molar refractivity (Wildman–Crippen MR) is 98.4 cm³/mol. The van der Waals surface area contributed by atoms with Crippen molar-refractivity contribution in [2.75, 3.05) is 23.7 Å². The van der Waals surface area contributed by atoms with Crippen molar-refractivity contribution in [1.82, 2.24) is 0 Å². The monoisotopic (exact) mass is 306 g/mol. The van der Waals surface area contributed by atoms with Crippen LogP contribution in [0.5, 0.6) is 11.5 Å². The van der Waals surface area contributed by atoms with Crippen LogP contribution in [-0.2, 0) is 0 Å².